The number of phosphoric acid groups is 2. The van der Waals surface area contributed by atoms with Gasteiger partial charge in [0.15, 0.2) is 12.2 Å². The van der Waals surface area contributed by atoms with Crippen molar-refractivity contribution in [2.24, 2.45) is 11.8 Å². The highest BCUT2D eigenvalue weighted by molar-refractivity contribution is 7.47. The van der Waals surface area contributed by atoms with E-state index in [0.29, 0.717) is 31.6 Å². The number of ether oxygens (including phenoxy) is 4. The topological polar surface area (TPSA) is 237 Å². The maximum absolute atomic E-state index is 13.1. The largest absolute Gasteiger partial charge is 0.472 e. The zero-order valence-electron chi connectivity index (χ0n) is 65.5. The Morgan fingerprint density at radius 3 is 0.760 bits per heavy atom. The van der Waals surface area contributed by atoms with Gasteiger partial charge in [0.2, 0.25) is 0 Å². The van der Waals surface area contributed by atoms with E-state index in [1.165, 1.54) is 238 Å². The van der Waals surface area contributed by atoms with Gasteiger partial charge < -0.3 is 33.8 Å². The molecule has 0 rings (SSSR count). The summed E-state index contributed by atoms with van der Waals surface area (Å²) < 4.78 is 68.6. The van der Waals surface area contributed by atoms with Crippen molar-refractivity contribution < 1.29 is 80.2 Å². The molecule has 3 N–H and O–H groups in total. The van der Waals surface area contributed by atoms with Crippen LogP contribution in [-0.2, 0) is 65.4 Å². The van der Waals surface area contributed by atoms with Crippen LogP contribution in [0.3, 0.4) is 0 Å². The second kappa shape index (κ2) is 72.6. The number of unbranched alkanes of at least 4 members (excludes halogenated alkanes) is 49. The Morgan fingerprint density at radius 1 is 0.290 bits per heavy atom. The molecule has 0 spiro atoms. The van der Waals surface area contributed by atoms with Crippen LogP contribution in [0.1, 0.15) is 427 Å². The van der Waals surface area contributed by atoms with Gasteiger partial charge in [-0.15, -0.1) is 0 Å². The number of carbonyl (C=O) groups excluding carboxylic acids is 4. The molecule has 0 saturated heterocycles. The number of hydrogen-bond acceptors (Lipinski definition) is 15. The van der Waals surface area contributed by atoms with E-state index >= 15 is 0 Å². The van der Waals surface area contributed by atoms with Gasteiger partial charge in [-0.2, -0.15) is 0 Å². The fourth-order valence-electron chi connectivity index (χ4n) is 12.5. The van der Waals surface area contributed by atoms with Gasteiger partial charge in [-0.05, 0) is 37.5 Å². The minimum absolute atomic E-state index is 0.103. The summed E-state index contributed by atoms with van der Waals surface area (Å²) in [5.41, 5.74) is 0. The van der Waals surface area contributed by atoms with E-state index in [0.717, 1.165) is 102 Å². The molecule has 0 fully saturated rings. The van der Waals surface area contributed by atoms with Crippen molar-refractivity contribution in [3.8, 4) is 0 Å². The smallest absolute Gasteiger partial charge is 0.462 e. The van der Waals surface area contributed by atoms with Gasteiger partial charge in [0.1, 0.15) is 19.3 Å². The number of rotatable bonds is 80. The second-order valence-corrected chi connectivity index (χ2v) is 32.8. The first-order valence-electron chi connectivity index (χ1n) is 42.0. The van der Waals surface area contributed by atoms with Crippen LogP contribution in [0.4, 0.5) is 0 Å². The molecule has 0 aliphatic carbocycles. The first kappa shape index (κ1) is 98.1. The lowest BCUT2D eigenvalue weighted by molar-refractivity contribution is -0.161. The lowest BCUT2D eigenvalue weighted by Gasteiger charge is -2.21. The standard InChI is InChI=1S/C81H158O17P2/c1-7-10-12-14-16-18-20-22-24-26-28-29-31-33-35-37-39-41-45-53-59-65-80(85)97-76(69-91-78(83)63-57-51-44-40-38-36-34-32-30-27-25-23-21-19-17-15-13-11-8-2)71-95-99(87,88)93-67-75(82)68-94-100(89,90)96-72-77(98-81(86)66-60-54-46-42-43-49-55-61-73(4)5)70-92-79(84)64-58-52-48-47-50-56-62-74(6)9-3/h73-77,82H,7-72H2,1-6H3,(H,87,88)(H,89,90)/t74?,75-,76-,77-/m1/s1. The van der Waals surface area contributed by atoms with E-state index in [9.17, 15) is 43.2 Å². The summed E-state index contributed by atoms with van der Waals surface area (Å²) in [7, 11) is -9.92. The normalized spacial score (nSPS) is 14.2. The van der Waals surface area contributed by atoms with Crippen LogP contribution in [0, 0.1) is 11.8 Å². The van der Waals surface area contributed by atoms with Crippen molar-refractivity contribution in [2.75, 3.05) is 39.6 Å². The average molecular weight is 1470 g/mol. The Hall–Kier alpha value is -1.94. The first-order valence-corrected chi connectivity index (χ1v) is 45.0. The second-order valence-electron chi connectivity index (χ2n) is 29.9. The highest BCUT2D eigenvalue weighted by atomic mass is 31.2. The number of hydrogen-bond donors (Lipinski definition) is 3. The van der Waals surface area contributed by atoms with Crippen LogP contribution in [0.15, 0.2) is 0 Å². The number of phosphoric ester groups is 2. The molecule has 0 aliphatic heterocycles. The van der Waals surface area contributed by atoms with E-state index in [4.69, 9.17) is 37.0 Å². The maximum atomic E-state index is 13.1. The number of esters is 4. The third kappa shape index (κ3) is 73.0. The van der Waals surface area contributed by atoms with Crippen molar-refractivity contribution in [2.45, 2.75) is 445 Å². The van der Waals surface area contributed by atoms with Crippen LogP contribution in [0.5, 0.6) is 0 Å². The fraction of sp³-hybridized carbons (Fsp3) is 0.951. The fourth-order valence-corrected chi connectivity index (χ4v) is 14.1. The van der Waals surface area contributed by atoms with Crippen LogP contribution >= 0.6 is 15.6 Å². The van der Waals surface area contributed by atoms with E-state index in [2.05, 4.69) is 41.5 Å². The third-order valence-corrected chi connectivity index (χ3v) is 21.2. The molecule has 0 radical (unpaired) electrons. The van der Waals surface area contributed by atoms with E-state index in [1.807, 2.05) is 0 Å². The molecule has 100 heavy (non-hydrogen) atoms. The van der Waals surface area contributed by atoms with Crippen LogP contribution in [-0.4, -0.2) is 96.7 Å². The number of aliphatic hydroxyl groups is 1. The highest BCUT2D eigenvalue weighted by Gasteiger charge is 2.30. The molecular formula is C81H158O17P2. The summed E-state index contributed by atoms with van der Waals surface area (Å²) in [4.78, 5) is 72.9. The Balaban J connectivity index is 5.19. The van der Waals surface area contributed by atoms with Gasteiger partial charge in [-0.3, -0.25) is 37.3 Å². The predicted molar refractivity (Wildman–Crippen MR) is 409 cm³/mol. The van der Waals surface area contributed by atoms with Crippen LogP contribution < -0.4 is 0 Å². The molecule has 0 aromatic heterocycles. The van der Waals surface area contributed by atoms with Gasteiger partial charge in [0.05, 0.1) is 26.4 Å². The van der Waals surface area contributed by atoms with Crippen molar-refractivity contribution in [3.05, 3.63) is 0 Å². The maximum Gasteiger partial charge on any atom is 0.472 e. The van der Waals surface area contributed by atoms with Gasteiger partial charge in [-0.1, -0.05) is 375 Å². The summed E-state index contributed by atoms with van der Waals surface area (Å²) in [5.74, 6) is -0.688. The SMILES string of the molecule is CCCCCCCCCCCCCCCCCCCCCCCC(=O)O[C@H](COC(=O)CCCCCCCCCCCCCCCCCCCCC)COP(=O)(O)OC[C@@H](O)COP(=O)(O)OC[C@@H](COC(=O)CCCCCCCCC(C)CC)OC(=O)CCCCCCCCCC(C)C. The monoisotopic (exact) mass is 1470 g/mol. The Labute approximate surface area is 613 Å². The average Bonchev–Trinajstić information content (AvgIpc) is 0.936. The number of carbonyl (C=O) groups is 4. The van der Waals surface area contributed by atoms with Gasteiger partial charge in [0, 0.05) is 25.7 Å². The van der Waals surface area contributed by atoms with E-state index in [-0.39, 0.29) is 25.7 Å². The van der Waals surface area contributed by atoms with Gasteiger partial charge >= 0.3 is 39.5 Å². The summed E-state index contributed by atoms with van der Waals surface area (Å²) in [6.07, 6.45) is 62.9. The Bertz CT molecular complexity index is 1930. The molecule has 0 aromatic carbocycles. The van der Waals surface area contributed by atoms with Crippen molar-refractivity contribution >= 4 is 39.5 Å². The van der Waals surface area contributed by atoms with Crippen molar-refractivity contribution in [1.29, 1.82) is 0 Å². The molecule has 17 nitrogen and oxygen atoms in total. The lowest BCUT2D eigenvalue weighted by atomic mass is 10.00. The molecule has 3 unspecified atom stereocenters. The minimum Gasteiger partial charge on any atom is -0.462 e. The predicted octanol–water partition coefficient (Wildman–Crippen LogP) is 24.3. The van der Waals surface area contributed by atoms with Gasteiger partial charge in [0.25, 0.3) is 0 Å². The lowest BCUT2D eigenvalue weighted by Crippen LogP contribution is -2.30. The molecule has 0 amide bonds. The van der Waals surface area contributed by atoms with Gasteiger partial charge in [-0.25, -0.2) is 9.13 Å². The van der Waals surface area contributed by atoms with Crippen molar-refractivity contribution in [1.82, 2.24) is 0 Å². The highest BCUT2D eigenvalue weighted by Crippen LogP contribution is 2.45. The molecular weight excluding hydrogens is 1310 g/mol. The van der Waals surface area contributed by atoms with Crippen molar-refractivity contribution in [3.63, 3.8) is 0 Å². The molecule has 19 heteroatoms. The summed E-state index contributed by atoms with van der Waals surface area (Å²) >= 11 is 0. The summed E-state index contributed by atoms with van der Waals surface area (Å²) in [6.45, 7) is 9.52. The molecule has 0 heterocycles. The summed E-state index contributed by atoms with van der Waals surface area (Å²) in [6, 6.07) is 0. The zero-order valence-corrected chi connectivity index (χ0v) is 67.3. The van der Waals surface area contributed by atoms with Crippen LogP contribution in [0.25, 0.3) is 0 Å². The van der Waals surface area contributed by atoms with E-state index < -0.39 is 97.5 Å². The summed E-state index contributed by atoms with van der Waals surface area (Å²) in [5, 5.41) is 10.6. The van der Waals surface area contributed by atoms with E-state index in [1.54, 1.807) is 0 Å². The quantitative estimate of drug-likeness (QED) is 0.0222. The third-order valence-electron chi connectivity index (χ3n) is 19.3. The first-order chi connectivity index (χ1) is 48.4. The Kier molecular flexibility index (Phi) is 71.2. The molecule has 594 valence electrons. The van der Waals surface area contributed by atoms with Crippen LogP contribution in [0.2, 0.25) is 0 Å². The minimum atomic E-state index is -4.96. The molecule has 0 aliphatic rings. The number of aliphatic hydroxyl groups excluding tert-OH is 1. The molecule has 0 bridgehead atoms. The Morgan fingerprint density at radius 2 is 0.510 bits per heavy atom. The zero-order chi connectivity index (χ0) is 73.5. The molecule has 0 saturated carbocycles. The molecule has 0 aromatic rings. The molecule has 6 atom stereocenters.